The third-order valence-corrected chi connectivity index (χ3v) is 7.68. The van der Waals surface area contributed by atoms with E-state index in [1.807, 2.05) is 0 Å². The summed E-state index contributed by atoms with van der Waals surface area (Å²) in [4.78, 5) is 27.3. The Kier molecular flexibility index (Phi) is 8.17. The third-order valence-electron chi connectivity index (χ3n) is 6.30. The zero-order valence-corrected chi connectivity index (χ0v) is 24.5. The van der Waals surface area contributed by atoms with Crippen molar-refractivity contribution in [3.8, 4) is 11.8 Å². The molecule has 40 heavy (non-hydrogen) atoms. The van der Waals surface area contributed by atoms with Crippen molar-refractivity contribution >= 4 is 33.2 Å². The van der Waals surface area contributed by atoms with Gasteiger partial charge in [-0.2, -0.15) is 15.3 Å². The lowest BCUT2D eigenvalue weighted by Gasteiger charge is -2.16. The summed E-state index contributed by atoms with van der Waals surface area (Å²) in [5.74, 6) is -1.04. The first-order chi connectivity index (χ1) is 18.9. The molecule has 0 N–H and O–H groups in total. The highest BCUT2D eigenvalue weighted by Crippen LogP contribution is 2.31. The maximum absolute atomic E-state index is 14.0. The fraction of sp³-hybridized carbons (Fsp3) is 0.346. The number of esters is 1. The summed E-state index contributed by atoms with van der Waals surface area (Å²) in [5.41, 5.74) is 1.58. The summed E-state index contributed by atoms with van der Waals surface area (Å²) in [6, 6.07) is 2.85. The molecule has 0 fully saturated rings. The fourth-order valence-electron chi connectivity index (χ4n) is 4.40. The monoisotopic (exact) mass is 588 g/mol. The van der Waals surface area contributed by atoms with Crippen molar-refractivity contribution in [2.24, 2.45) is 7.05 Å². The van der Waals surface area contributed by atoms with Crippen LogP contribution in [0, 0.1) is 13.8 Å². The average Bonchev–Trinajstić information content (AvgIpc) is 3.56. The van der Waals surface area contributed by atoms with Crippen molar-refractivity contribution in [1.29, 1.82) is 0 Å². The molecule has 0 amide bonds. The smallest absolute Gasteiger partial charge is 0.352 e. The van der Waals surface area contributed by atoms with Gasteiger partial charge in [0.2, 0.25) is 17.5 Å². The second kappa shape index (κ2) is 11.3. The van der Waals surface area contributed by atoms with Gasteiger partial charge in [-0.15, -0.1) is 0 Å². The van der Waals surface area contributed by atoms with Gasteiger partial charge in [-0.05, 0) is 51.0 Å². The fourth-order valence-corrected chi connectivity index (χ4v) is 5.54. The Morgan fingerprint density at radius 3 is 2.38 bits per heavy atom. The normalized spacial score (nSPS) is 11.6. The van der Waals surface area contributed by atoms with Gasteiger partial charge < -0.3 is 9.47 Å². The number of halogens is 1. The summed E-state index contributed by atoms with van der Waals surface area (Å²) >= 11 is 6.00. The number of hydrogen-bond acceptors (Lipinski definition) is 9. The standard InChI is InChI=1S/C26H29ClN6O6S/c1-7-33-25(39-26(35)19-12-28-31(5)24(19)38-8-2)22(16(4)30-33)23(34)18-9-10-21(40(6,36)37)20(15(18)3)14-32-13-17(27)11-29-32/h9-13H,7-8,14H2,1-6H3. The molecule has 0 bridgehead atoms. The van der Waals surface area contributed by atoms with E-state index in [-0.39, 0.29) is 39.9 Å². The predicted molar refractivity (Wildman–Crippen MR) is 146 cm³/mol. The molecule has 14 heteroatoms. The summed E-state index contributed by atoms with van der Waals surface area (Å²) in [5, 5.41) is 13.0. The Morgan fingerprint density at radius 1 is 1.05 bits per heavy atom. The number of carbonyl (C=O) groups is 2. The van der Waals surface area contributed by atoms with Crippen LogP contribution in [0.3, 0.4) is 0 Å². The molecule has 0 atom stereocenters. The van der Waals surface area contributed by atoms with Crippen molar-refractivity contribution in [1.82, 2.24) is 29.3 Å². The summed E-state index contributed by atoms with van der Waals surface area (Å²) in [6.45, 7) is 7.58. The molecule has 0 spiro atoms. The maximum atomic E-state index is 14.0. The molecule has 0 saturated carbocycles. The van der Waals surface area contributed by atoms with Crippen molar-refractivity contribution in [3.63, 3.8) is 0 Å². The van der Waals surface area contributed by atoms with E-state index in [2.05, 4.69) is 15.3 Å². The highest BCUT2D eigenvalue weighted by molar-refractivity contribution is 7.90. The van der Waals surface area contributed by atoms with Gasteiger partial charge in [0.1, 0.15) is 11.1 Å². The average molecular weight is 589 g/mol. The number of hydrogen-bond donors (Lipinski definition) is 0. The van der Waals surface area contributed by atoms with Crippen molar-refractivity contribution in [2.45, 2.75) is 45.7 Å². The molecule has 0 aliphatic rings. The molecule has 12 nitrogen and oxygen atoms in total. The molecule has 3 aromatic heterocycles. The minimum absolute atomic E-state index is 0.0340. The Labute approximate surface area is 236 Å². The Bertz CT molecular complexity index is 1720. The van der Waals surface area contributed by atoms with E-state index >= 15 is 0 Å². The first kappa shape index (κ1) is 29.0. The zero-order chi connectivity index (χ0) is 29.4. The molecule has 0 saturated heterocycles. The first-order valence-corrected chi connectivity index (χ1v) is 14.6. The van der Waals surface area contributed by atoms with Gasteiger partial charge >= 0.3 is 5.97 Å². The van der Waals surface area contributed by atoms with E-state index in [0.29, 0.717) is 35.0 Å². The highest BCUT2D eigenvalue weighted by atomic mass is 35.5. The number of benzene rings is 1. The summed E-state index contributed by atoms with van der Waals surface area (Å²) in [6.07, 6.45) is 5.43. The SMILES string of the molecule is CCOc1c(C(=O)Oc2c(C(=O)c3ccc(S(C)(=O)=O)c(Cn4cc(Cl)cn4)c3C)c(C)nn2CC)cnn1C. The Balaban J connectivity index is 1.80. The van der Waals surface area contributed by atoms with Gasteiger partial charge in [-0.1, -0.05) is 11.6 Å². The molecular formula is C26H29ClN6O6S. The van der Waals surface area contributed by atoms with Crippen LogP contribution >= 0.6 is 11.6 Å². The van der Waals surface area contributed by atoms with Gasteiger partial charge in [0.05, 0.1) is 41.2 Å². The molecule has 1 aromatic carbocycles. The van der Waals surface area contributed by atoms with Crippen molar-refractivity contribution in [2.75, 3.05) is 12.9 Å². The Hall–Kier alpha value is -3.97. The zero-order valence-electron chi connectivity index (χ0n) is 22.9. The van der Waals surface area contributed by atoms with Crippen LogP contribution in [-0.2, 0) is 30.0 Å². The molecule has 212 valence electrons. The molecule has 0 radical (unpaired) electrons. The largest absolute Gasteiger partial charge is 0.478 e. The molecule has 0 aliphatic carbocycles. The lowest BCUT2D eigenvalue weighted by molar-refractivity contribution is 0.0711. The van der Waals surface area contributed by atoms with Gasteiger partial charge in [-0.3, -0.25) is 9.48 Å². The number of carbonyl (C=O) groups excluding carboxylic acids is 2. The van der Waals surface area contributed by atoms with Crippen LogP contribution in [0.5, 0.6) is 11.8 Å². The van der Waals surface area contributed by atoms with Crippen molar-refractivity contribution < 1.29 is 27.5 Å². The van der Waals surface area contributed by atoms with Crippen LogP contribution < -0.4 is 9.47 Å². The number of nitrogens with zero attached hydrogens (tertiary/aromatic N) is 6. The Morgan fingerprint density at radius 2 is 1.77 bits per heavy atom. The first-order valence-electron chi connectivity index (χ1n) is 12.4. The molecular weight excluding hydrogens is 560 g/mol. The van der Waals surface area contributed by atoms with Crippen LogP contribution in [0.15, 0.2) is 35.6 Å². The minimum atomic E-state index is -3.64. The number of ketones is 1. The van der Waals surface area contributed by atoms with Gasteiger partial charge in [-0.25, -0.2) is 22.6 Å². The topological polar surface area (TPSA) is 140 Å². The number of sulfone groups is 1. The van der Waals surface area contributed by atoms with Gasteiger partial charge in [0.15, 0.2) is 9.84 Å². The molecule has 4 rings (SSSR count). The highest BCUT2D eigenvalue weighted by Gasteiger charge is 2.30. The molecule has 3 heterocycles. The number of aryl methyl sites for hydroxylation is 3. The maximum Gasteiger partial charge on any atom is 0.352 e. The second-order valence-electron chi connectivity index (χ2n) is 9.06. The van der Waals surface area contributed by atoms with Gasteiger partial charge in [0, 0.05) is 31.6 Å². The number of aromatic nitrogens is 6. The predicted octanol–water partition coefficient (Wildman–Crippen LogP) is 3.40. The number of rotatable bonds is 10. The van der Waals surface area contributed by atoms with E-state index < -0.39 is 21.6 Å². The second-order valence-corrected chi connectivity index (χ2v) is 11.5. The van der Waals surface area contributed by atoms with Crippen LogP contribution in [0.25, 0.3) is 0 Å². The summed E-state index contributed by atoms with van der Waals surface area (Å²) < 4.78 is 40.8. The van der Waals surface area contributed by atoms with E-state index in [0.717, 1.165) is 6.26 Å². The van der Waals surface area contributed by atoms with E-state index in [1.165, 1.54) is 38.6 Å². The summed E-state index contributed by atoms with van der Waals surface area (Å²) in [7, 11) is -2.00. The lowest BCUT2D eigenvalue weighted by atomic mass is 9.95. The van der Waals surface area contributed by atoms with E-state index in [9.17, 15) is 18.0 Å². The van der Waals surface area contributed by atoms with Crippen LogP contribution in [0.1, 0.15) is 56.9 Å². The lowest BCUT2D eigenvalue weighted by Crippen LogP contribution is -2.17. The minimum Gasteiger partial charge on any atom is -0.478 e. The van der Waals surface area contributed by atoms with Crippen LogP contribution in [0.4, 0.5) is 0 Å². The van der Waals surface area contributed by atoms with Gasteiger partial charge in [0.25, 0.3) is 0 Å². The van der Waals surface area contributed by atoms with Crippen molar-refractivity contribution in [3.05, 3.63) is 69.3 Å². The van der Waals surface area contributed by atoms with Crippen LogP contribution in [0.2, 0.25) is 5.02 Å². The number of ether oxygens (including phenoxy) is 2. The van der Waals surface area contributed by atoms with E-state index in [4.69, 9.17) is 21.1 Å². The molecule has 4 aromatic rings. The third kappa shape index (κ3) is 5.52. The van der Waals surface area contributed by atoms with E-state index in [1.54, 1.807) is 40.9 Å². The molecule has 0 aliphatic heterocycles. The molecule has 0 unspecified atom stereocenters. The van der Waals surface area contributed by atoms with Crippen LogP contribution in [-0.4, -0.2) is 62.4 Å². The quantitative estimate of drug-likeness (QED) is 0.201.